The highest BCUT2D eigenvalue weighted by Gasteiger charge is 2.08. The van der Waals surface area contributed by atoms with Gasteiger partial charge in [-0.2, -0.15) is 0 Å². The Morgan fingerprint density at radius 1 is 1.53 bits per heavy atom. The number of hydrogen-bond acceptors (Lipinski definition) is 3. The number of amides is 1. The zero-order chi connectivity index (χ0) is 12.8. The van der Waals surface area contributed by atoms with E-state index in [0.29, 0.717) is 22.9 Å². The van der Waals surface area contributed by atoms with E-state index in [1.54, 1.807) is 18.2 Å². The molecule has 3 N–H and O–H groups in total. The quantitative estimate of drug-likeness (QED) is 0.793. The van der Waals surface area contributed by atoms with Crippen molar-refractivity contribution in [3.05, 3.63) is 23.2 Å². The Morgan fingerprint density at radius 2 is 2.24 bits per heavy atom. The molecule has 1 rings (SSSR count). The minimum Gasteiger partial charge on any atom is -0.397 e. The molecule has 0 aromatic heterocycles. The SMILES string of the molecule is CCCN(C)CC(=O)Nc1ccc(Cl)cc1N. The molecule has 1 amide bonds. The van der Waals surface area contributed by atoms with E-state index in [9.17, 15) is 4.79 Å². The third kappa shape index (κ3) is 4.63. The molecule has 0 spiro atoms. The lowest BCUT2D eigenvalue weighted by Gasteiger charge is -2.15. The number of benzene rings is 1. The van der Waals surface area contributed by atoms with Crippen LogP contribution in [0.25, 0.3) is 0 Å². The number of carbonyl (C=O) groups is 1. The monoisotopic (exact) mass is 255 g/mol. The Hall–Kier alpha value is -1.26. The van der Waals surface area contributed by atoms with Crippen molar-refractivity contribution in [3.8, 4) is 0 Å². The van der Waals surface area contributed by atoms with Gasteiger partial charge in [-0.05, 0) is 38.2 Å². The van der Waals surface area contributed by atoms with Gasteiger partial charge in [-0.1, -0.05) is 18.5 Å². The van der Waals surface area contributed by atoms with E-state index in [4.69, 9.17) is 17.3 Å². The van der Waals surface area contributed by atoms with E-state index in [2.05, 4.69) is 12.2 Å². The lowest BCUT2D eigenvalue weighted by molar-refractivity contribution is -0.117. The van der Waals surface area contributed by atoms with Crippen molar-refractivity contribution in [1.82, 2.24) is 4.90 Å². The lowest BCUT2D eigenvalue weighted by Crippen LogP contribution is -2.30. The first-order chi connectivity index (χ1) is 8.02. The van der Waals surface area contributed by atoms with Gasteiger partial charge < -0.3 is 11.1 Å². The van der Waals surface area contributed by atoms with Gasteiger partial charge in [0.15, 0.2) is 0 Å². The first-order valence-electron chi connectivity index (χ1n) is 5.56. The number of nitrogens with one attached hydrogen (secondary N) is 1. The van der Waals surface area contributed by atoms with Gasteiger partial charge in [-0.25, -0.2) is 0 Å². The molecule has 0 bridgehead atoms. The van der Waals surface area contributed by atoms with Crippen LogP contribution in [0.15, 0.2) is 18.2 Å². The van der Waals surface area contributed by atoms with Gasteiger partial charge in [0.1, 0.15) is 0 Å². The highest BCUT2D eigenvalue weighted by atomic mass is 35.5. The average molecular weight is 256 g/mol. The lowest BCUT2D eigenvalue weighted by atomic mass is 10.2. The molecule has 1 aromatic carbocycles. The Balaban J connectivity index is 2.56. The summed E-state index contributed by atoms with van der Waals surface area (Å²) >= 11 is 5.78. The Labute approximate surface area is 107 Å². The molecular formula is C12H18ClN3O. The van der Waals surface area contributed by atoms with Crippen LogP contribution in [0.4, 0.5) is 11.4 Å². The summed E-state index contributed by atoms with van der Waals surface area (Å²) in [6.07, 6.45) is 1.02. The summed E-state index contributed by atoms with van der Waals surface area (Å²) in [5.74, 6) is -0.0741. The molecule has 0 aliphatic rings. The minimum absolute atomic E-state index is 0.0741. The Morgan fingerprint density at radius 3 is 2.82 bits per heavy atom. The van der Waals surface area contributed by atoms with Crippen molar-refractivity contribution >= 4 is 28.9 Å². The topological polar surface area (TPSA) is 58.4 Å². The second-order valence-corrected chi connectivity index (χ2v) is 4.45. The van der Waals surface area contributed by atoms with Crippen molar-refractivity contribution in [2.75, 3.05) is 31.2 Å². The number of anilines is 2. The summed E-state index contributed by atoms with van der Waals surface area (Å²) in [5.41, 5.74) is 6.82. The summed E-state index contributed by atoms with van der Waals surface area (Å²) in [6, 6.07) is 5.02. The fraction of sp³-hybridized carbons (Fsp3) is 0.417. The minimum atomic E-state index is -0.0741. The first kappa shape index (κ1) is 13.8. The molecule has 0 saturated heterocycles. The molecule has 0 aliphatic heterocycles. The van der Waals surface area contributed by atoms with E-state index >= 15 is 0 Å². The second kappa shape index (κ2) is 6.47. The molecule has 0 unspecified atom stereocenters. The molecule has 0 heterocycles. The van der Waals surface area contributed by atoms with Crippen molar-refractivity contribution in [1.29, 1.82) is 0 Å². The van der Waals surface area contributed by atoms with Gasteiger partial charge in [0.2, 0.25) is 5.91 Å². The summed E-state index contributed by atoms with van der Waals surface area (Å²) in [5, 5.41) is 3.32. The van der Waals surface area contributed by atoms with Crippen molar-refractivity contribution in [3.63, 3.8) is 0 Å². The molecule has 0 radical (unpaired) electrons. The Bertz CT molecular complexity index is 395. The van der Waals surface area contributed by atoms with E-state index in [1.165, 1.54) is 0 Å². The zero-order valence-corrected chi connectivity index (χ0v) is 10.9. The van der Waals surface area contributed by atoms with Crippen LogP contribution in [0.1, 0.15) is 13.3 Å². The highest BCUT2D eigenvalue weighted by molar-refractivity contribution is 6.31. The number of nitrogens with two attached hydrogens (primary N) is 1. The fourth-order valence-corrected chi connectivity index (χ4v) is 1.72. The predicted molar refractivity (Wildman–Crippen MR) is 72.3 cm³/mol. The molecule has 17 heavy (non-hydrogen) atoms. The summed E-state index contributed by atoms with van der Waals surface area (Å²) in [7, 11) is 1.91. The summed E-state index contributed by atoms with van der Waals surface area (Å²) in [4.78, 5) is 13.7. The molecule has 1 aromatic rings. The smallest absolute Gasteiger partial charge is 0.238 e. The fourth-order valence-electron chi connectivity index (χ4n) is 1.54. The molecule has 0 fully saturated rings. The van der Waals surface area contributed by atoms with Crippen molar-refractivity contribution in [2.24, 2.45) is 0 Å². The van der Waals surface area contributed by atoms with Crippen LogP contribution in [-0.4, -0.2) is 30.9 Å². The molecule has 4 nitrogen and oxygen atoms in total. The van der Waals surface area contributed by atoms with Gasteiger partial charge in [-0.15, -0.1) is 0 Å². The number of hydrogen-bond donors (Lipinski definition) is 2. The van der Waals surface area contributed by atoms with Crippen molar-refractivity contribution in [2.45, 2.75) is 13.3 Å². The second-order valence-electron chi connectivity index (χ2n) is 4.02. The van der Waals surface area contributed by atoms with E-state index < -0.39 is 0 Å². The molecule has 0 aliphatic carbocycles. The largest absolute Gasteiger partial charge is 0.397 e. The first-order valence-corrected chi connectivity index (χ1v) is 5.94. The van der Waals surface area contributed by atoms with Crippen LogP contribution in [0.5, 0.6) is 0 Å². The van der Waals surface area contributed by atoms with Gasteiger partial charge in [-0.3, -0.25) is 9.69 Å². The number of nitrogen functional groups attached to an aromatic ring is 1. The number of likely N-dealkylation sites (N-methyl/N-ethyl adjacent to an activating group) is 1. The normalized spacial score (nSPS) is 10.6. The van der Waals surface area contributed by atoms with Gasteiger partial charge in [0, 0.05) is 5.02 Å². The molecule has 0 atom stereocenters. The standard InChI is InChI=1S/C12H18ClN3O/c1-3-6-16(2)8-12(17)15-11-5-4-9(13)7-10(11)14/h4-5,7H,3,6,8,14H2,1-2H3,(H,15,17). The maximum absolute atomic E-state index is 11.7. The predicted octanol–water partition coefficient (Wildman–Crippen LogP) is 2.20. The number of halogens is 1. The van der Waals surface area contributed by atoms with Crippen LogP contribution in [-0.2, 0) is 4.79 Å². The van der Waals surface area contributed by atoms with Gasteiger partial charge >= 0.3 is 0 Å². The van der Waals surface area contributed by atoms with Crippen LogP contribution in [0.3, 0.4) is 0 Å². The number of rotatable bonds is 5. The van der Waals surface area contributed by atoms with E-state index in [0.717, 1.165) is 13.0 Å². The third-order valence-corrected chi connectivity index (χ3v) is 2.54. The number of carbonyl (C=O) groups excluding carboxylic acids is 1. The summed E-state index contributed by atoms with van der Waals surface area (Å²) in [6.45, 7) is 3.32. The summed E-state index contributed by atoms with van der Waals surface area (Å²) < 4.78 is 0. The molecular weight excluding hydrogens is 238 g/mol. The van der Waals surface area contributed by atoms with Gasteiger partial charge in [0.25, 0.3) is 0 Å². The highest BCUT2D eigenvalue weighted by Crippen LogP contribution is 2.22. The molecule has 5 heteroatoms. The average Bonchev–Trinajstić information content (AvgIpc) is 2.22. The molecule has 0 saturated carbocycles. The van der Waals surface area contributed by atoms with E-state index in [1.807, 2.05) is 11.9 Å². The van der Waals surface area contributed by atoms with Crippen LogP contribution in [0, 0.1) is 0 Å². The maximum Gasteiger partial charge on any atom is 0.238 e. The van der Waals surface area contributed by atoms with Gasteiger partial charge in [0.05, 0.1) is 17.9 Å². The van der Waals surface area contributed by atoms with Crippen LogP contribution in [0.2, 0.25) is 5.02 Å². The Kier molecular flexibility index (Phi) is 5.25. The van der Waals surface area contributed by atoms with Crippen LogP contribution >= 0.6 is 11.6 Å². The maximum atomic E-state index is 11.7. The number of nitrogens with zero attached hydrogens (tertiary/aromatic N) is 1. The zero-order valence-electron chi connectivity index (χ0n) is 10.2. The van der Waals surface area contributed by atoms with E-state index in [-0.39, 0.29) is 5.91 Å². The third-order valence-electron chi connectivity index (χ3n) is 2.31. The van der Waals surface area contributed by atoms with Crippen LogP contribution < -0.4 is 11.1 Å². The van der Waals surface area contributed by atoms with Crippen molar-refractivity contribution < 1.29 is 4.79 Å². The molecule has 94 valence electrons.